The van der Waals surface area contributed by atoms with Crippen molar-refractivity contribution >= 4 is 47.3 Å². The van der Waals surface area contributed by atoms with Gasteiger partial charge in [0.1, 0.15) is 23.0 Å². The van der Waals surface area contributed by atoms with Gasteiger partial charge in [-0.2, -0.15) is 0 Å². The fraction of sp³-hybridized carbons (Fsp3) is 0.320. The van der Waals surface area contributed by atoms with Crippen molar-refractivity contribution in [3.8, 4) is 23.0 Å². The number of ether oxygens (including phenoxy) is 4. The number of hydrogen-bond donors (Lipinski definition) is 0. The maximum Gasteiger partial charge on any atom is 0.343 e. The molecular weight excluding hydrogens is 760 g/mol. The predicted molar refractivity (Wildman–Crippen MR) is 239 cm³/mol. The number of esters is 2. The molecule has 0 saturated carbocycles. The van der Waals surface area contributed by atoms with E-state index in [4.69, 9.17) is 30.5 Å². The number of carbonyl (C=O) groups excluding carboxylic acids is 2. The predicted octanol–water partition coefficient (Wildman–Crippen LogP) is 13.8. The van der Waals surface area contributed by atoms with E-state index in [9.17, 15) is 9.59 Å². The molecule has 0 N–H and O–H groups in total. The highest BCUT2D eigenvalue weighted by Crippen LogP contribution is 2.29. The Balaban J connectivity index is 1.04. The van der Waals surface area contributed by atoms with E-state index >= 15 is 0 Å². The number of benzene rings is 5. The molecule has 0 amide bonds. The van der Waals surface area contributed by atoms with Crippen molar-refractivity contribution in [1.82, 2.24) is 0 Å². The highest BCUT2D eigenvalue weighted by molar-refractivity contribution is 6.32. The van der Waals surface area contributed by atoms with Crippen molar-refractivity contribution in [3.63, 3.8) is 0 Å². The van der Waals surface area contributed by atoms with Crippen LogP contribution in [0.25, 0.3) is 0 Å². The molecule has 0 saturated heterocycles. The first-order valence-corrected chi connectivity index (χ1v) is 21.3. The Bertz CT molecular complexity index is 2100. The number of halogens is 1. The van der Waals surface area contributed by atoms with Crippen LogP contribution in [0.15, 0.2) is 125 Å². The molecule has 0 bridgehead atoms. The van der Waals surface area contributed by atoms with Gasteiger partial charge in [0.15, 0.2) is 0 Å². The van der Waals surface area contributed by atoms with Crippen molar-refractivity contribution in [2.75, 3.05) is 13.2 Å². The third-order valence-corrected chi connectivity index (χ3v) is 9.81. The summed E-state index contributed by atoms with van der Waals surface area (Å²) in [6.45, 7) is 5.75. The lowest BCUT2D eigenvalue weighted by Crippen LogP contribution is -2.08. The van der Waals surface area contributed by atoms with Crippen LogP contribution in [-0.4, -0.2) is 37.6 Å². The van der Waals surface area contributed by atoms with Crippen LogP contribution in [-0.2, 0) is 0 Å². The van der Waals surface area contributed by atoms with E-state index in [0.29, 0.717) is 58.0 Å². The van der Waals surface area contributed by atoms with E-state index in [1.165, 1.54) is 57.8 Å². The van der Waals surface area contributed by atoms with Crippen LogP contribution in [0.5, 0.6) is 23.0 Å². The SMILES string of the molecule is CCCCCCCCOc1ccc(C(=O)Oc2ccc(N=Cc3cccc(OC(=O)c4ccc(C=Nc5ccc(OCCCCCCCC)c(Cl)c5)cc4)c3)cc2)cc1. The first-order chi connectivity index (χ1) is 28.9. The van der Waals surface area contributed by atoms with Crippen LogP contribution >= 0.6 is 11.6 Å². The lowest BCUT2D eigenvalue weighted by atomic mass is 10.1. The minimum absolute atomic E-state index is 0.389. The van der Waals surface area contributed by atoms with E-state index in [1.54, 1.807) is 109 Å². The summed E-state index contributed by atoms with van der Waals surface area (Å²) in [4.78, 5) is 34.7. The molecule has 308 valence electrons. The van der Waals surface area contributed by atoms with Gasteiger partial charge in [0.25, 0.3) is 0 Å². The van der Waals surface area contributed by atoms with Gasteiger partial charge in [-0.1, -0.05) is 114 Å². The lowest BCUT2D eigenvalue weighted by Gasteiger charge is -2.08. The zero-order chi connectivity index (χ0) is 41.5. The number of rotatable bonds is 24. The molecule has 0 heterocycles. The molecule has 0 fully saturated rings. The highest BCUT2D eigenvalue weighted by Gasteiger charge is 2.11. The maximum atomic E-state index is 13.0. The van der Waals surface area contributed by atoms with Crippen LogP contribution in [0.2, 0.25) is 5.02 Å². The van der Waals surface area contributed by atoms with Crippen molar-refractivity contribution in [1.29, 1.82) is 0 Å². The summed E-state index contributed by atoms with van der Waals surface area (Å²) in [6, 6.07) is 33.5. The minimum atomic E-state index is -0.483. The second-order valence-electron chi connectivity index (χ2n) is 14.4. The van der Waals surface area contributed by atoms with Gasteiger partial charge in [0.2, 0.25) is 0 Å². The van der Waals surface area contributed by atoms with Gasteiger partial charge in [-0.15, -0.1) is 0 Å². The quantitative estimate of drug-likeness (QED) is 0.0266. The zero-order valence-electron chi connectivity index (χ0n) is 34.2. The summed E-state index contributed by atoms with van der Waals surface area (Å²) >= 11 is 6.46. The van der Waals surface area contributed by atoms with Crippen molar-refractivity contribution in [3.05, 3.63) is 143 Å². The van der Waals surface area contributed by atoms with Crippen LogP contribution in [0.1, 0.15) is 123 Å². The summed E-state index contributed by atoms with van der Waals surface area (Å²) in [5, 5.41) is 0.524. The molecule has 0 atom stereocenters. The van der Waals surface area contributed by atoms with Crippen LogP contribution in [0, 0.1) is 0 Å². The second-order valence-corrected chi connectivity index (χ2v) is 14.8. The highest BCUT2D eigenvalue weighted by atomic mass is 35.5. The summed E-state index contributed by atoms with van der Waals surface area (Å²) in [6.07, 6.45) is 17.8. The molecule has 0 aliphatic rings. The third-order valence-electron chi connectivity index (χ3n) is 9.52. The summed E-state index contributed by atoms with van der Waals surface area (Å²) in [5.74, 6) is 1.26. The number of carbonyl (C=O) groups is 2. The minimum Gasteiger partial charge on any atom is -0.494 e. The fourth-order valence-corrected chi connectivity index (χ4v) is 6.33. The van der Waals surface area contributed by atoms with E-state index < -0.39 is 11.9 Å². The van der Waals surface area contributed by atoms with Gasteiger partial charge in [0, 0.05) is 12.4 Å². The molecule has 59 heavy (non-hydrogen) atoms. The largest absolute Gasteiger partial charge is 0.494 e. The van der Waals surface area contributed by atoms with Crippen molar-refractivity contribution < 1.29 is 28.5 Å². The molecule has 0 spiro atoms. The van der Waals surface area contributed by atoms with E-state index in [-0.39, 0.29) is 0 Å². The third kappa shape index (κ3) is 15.9. The number of hydrogen-bond acceptors (Lipinski definition) is 8. The monoisotopic (exact) mass is 814 g/mol. The first-order valence-electron chi connectivity index (χ1n) is 20.9. The average Bonchev–Trinajstić information content (AvgIpc) is 3.26. The fourth-order valence-electron chi connectivity index (χ4n) is 6.11. The number of unbranched alkanes of at least 4 members (excludes halogenated alkanes) is 10. The van der Waals surface area contributed by atoms with Crippen molar-refractivity contribution in [2.45, 2.75) is 90.9 Å². The molecule has 5 rings (SSSR count). The Morgan fingerprint density at radius 3 is 1.68 bits per heavy atom. The number of nitrogens with zero attached hydrogens (tertiary/aromatic N) is 2. The molecule has 0 radical (unpaired) electrons. The van der Waals surface area contributed by atoms with Crippen molar-refractivity contribution in [2.24, 2.45) is 9.98 Å². The molecule has 0 unspecified atom stereocenters. The van der Waals surface area contributed by atoms with Crippen LogP contribution in [0.4, 0.5) is 11.4 Å². The number of aliphatic imine (C=N–C) groups is 2. The average molecular weight is 815 g/mol. The zero-order valence-corrected chi connectivity index (χ0v) is 35.0. The second kappa shape index (κ2) is 24.9. The maximum absolute atomic E-state index is 13.0. The molecule has 9 heteroatoms. The van der Waals surface area contributed by atoms with Crippen LogP contribution in [0.3, 0.4) is 0 Å². The normalized spacial score (nSPS) is 11.2. The Labute approximate surface area is 354 Å². The molecule has 0 aliphatic carbocycles. The summed E-state index contributed by atoms with van der Waals surface area (Å²) in [7, 11) is 0. The van der Waals surface area contributed by atoms with Gasteiger partial charge in [-0.3, -0.25) is 9.98 Å². The van der Waals surface area contributed by atoms with Gasteiger partial charge in [-0.25, -0.2) is 9.59 Å². The molecule has 5 aromatic carbocycles. The Morgan fingerprint density at radius 2 is 1.03 bits per heavy atom. The lowest BCUT2D eigenvalue weighted by molar-refractivity contribution is 0.0725. The van der Waals surface area contributed by atoms with Gasteiger partial charge < -0.3 is 18.9 Å². The summed E-state index contributed by atoms with van der Waals surface area (Å²) < 4.78 is 22.9. The summed E-state index contributed by atoms with van der Waals surface area (Å²) in [5.41, 5.74) is 3.77. The van der Waals surface area contributed by atoms with E-state index in [1.807, 2.05) is 18.2 Å². The molecule has 0 aliphatic heterocycles. The molecular formula is C50H55ClN2O6. The Morgan fingerprint density at radius 1 is 0.508 bits per heavy atom. The Kier molecular flexibility index (Phi) is 18.7. The topological polar surface area (TPSA) is 95.8 Å². The van der Waals surface area contributed by atoms with Crippen LogP contribution < -0.4 is 18.9 Å². The van der Waals surface area contributed by atoms with Gasteiger partial charge in [0.05, 0.1) is 40.7 Å². The van der Waals surface area contributed by atoms with Gasteiger partial charge in [-0.05, 0) is 115 Å². The van der Waals surface area contributed by atoms with E-state index in [0.717, 1.165) is 36.1 Å². The standard InChI is InChI=1S/C50H55ClN2O6/c1-3-5-7-9-11-13-32-56-44-27-22-41(23-28-44)49(54)58-45-29-24-42(25-30-45)52-37-39-16-15-17-46(34-39)59-50(55)40-20-18-38(19-21-40)36-53-43-26-31-48(47(51)35-43)57-33-14-12-10-8-6-4-2/h15-31,34-37H,3-14,32-33H2,1-2H3. The van der Waals surface area contributed by atoms with Gasteiger partial charge >= 0.3 is 11.9 Å². The molecule has 5 aromatic rings. The smallest absolute Gasteiger partial charge is 0.343 e. The van der Waals surface area contributed by atoms with E-state index in [2.05, 4.69) is 23.8 Å². The molecule has 0 aromatic heterocycles. The first kappa shape index (κ1) is 44.4. The molecule has 8 nitrogen and oxygen atoms in total. The Hall–Kier alpha value is -5.73.